The number of carbonyl (C=O) groups excluding carboxylic acids is 1. The van der Waals surface area contributed by atoms with Gasteiger partial charge in [0, 0.05) is 21.9 Å². The highest BCUT2D eigenvalue weighted by Gasteiger charge is 2.07. The molecule has 0 atom stereocenters. The van der Waals surface area contributed by atoms with Gasteiger partial charge in [-0.1, -0.05) is 15.9 Å². The van der Waals surface area contributed by atoms with Crippen molar-refractivity contribution in [3.05, 3.63) is 82.6 Å². The first-order valence-corrected chi connectivity index (χ1v) is 8.16. The van der Waals surface area contributed by atoms with E-state index in [2.05, 4.69) is 26.2 Å². The third-order valence-electron chi connectivity index (χ3n) is 3.40. The first kappa shape index (κ1) is 16.2. The minimum absolute atomic E-state index is 0.162. The normalized spacial score (nSPS) is 10.2. The minimum atomic E-state index is -0.162. The van der Waals surface area contributed by atoms with Crippen LogP contribution in [0.25, 0.3) is 0 Å². The molecule has 0 aliphatic rings. The number of ether oxygens (including phenoxy) is 1. The second-order valence-electron chi connectivity index (χ2n) is 5.23. The van der Waals surface area contributed by atoms with Gasteiger partial charge in [0.05, 0.1) is 6.20 Å². The fourth-order valence-electron chi connectivity index (χ4n) is 2.14. The predicted molar refractivity (Wildman–Crippen MR) is 97.6 cm³/mol. The van der Waals surface area contributed by atoms with Crippen molar-refractivity contribution in [1.29, 1.82) is 0 Å². The van der Waals surface area contributed by atoms with E-state index in [1.165, 1.54) is 0 Å². The largest absolute Gasteiger partial charge is 0.456 e. The Morgan fingerprint density at radius 2 is 1.88 bits per heavy atom. The molecule has 0 aliphatic heterocycles. The Bertz CT molecular complexity index is 849. The standard InChI is InChI=1S/C19H15BrN2O2/c1-13-11-15(6-9-18(13)20)22-19(23)14-4-7-16(8-5-14)24-17-3-2-10-21-12-17/h2-12H,1H3,(H,22,23). The summed E-state index contributed by atoms with van der Waals surface area (Å²) in [6.07, 6.45) is 3.32. The van der Waals surface area contributed by atoms with Crippen LogP contribution in [0.4, 0.5) is 5.69 Å². The van der Waals surface area contributed by atoms with Gasteiger partial charge in [0.25, 0.3) is 5.91 Å². The summed E-state index contributed by atoms with van der Waals surface area (Å²) in [5.41, 5.74) is 2.39. The van der Waals surface area contributed by atoms with Gasteiger partial charge in [-0.15, -0.1) is 0 Å². The van der Waals surface area contributed by atoms with E-state index in [0.29, 0.717) is 17.1 Å². The molecule has 3 rings (SSSR count). The number of nitrogens with one attached hydrogen (secondary N) is 1. The van der Waals surface area contributed by atoms with Crippen molar-refractivity contribution in [2.45, 2.75) is 6.92 Å². The molecule has 4 nitrogen and oxygen atoms in total. The van der Waals surface area contributed by atoms with Crippen LogP contribution < -0.4 is 10.1 Å². The van der Waals surface area contributed by atoms with Crippen molar-refractivity contribution in [2.75, 3.05) is 5.32 Å². The van der Waals surface area contributed by atoms with Crippen LogP contribution in [0.1, 0.15) is 15.9 Å². The van der Waals surface area contributed by atoms with Gasteiger partial charge in [-0.05, 0) is 67.1 Å². The number of aryl methyl sites for hydroxylation is 1. The number of benzene rings is 2. The number of halogens is 1. The Labute approximate surface area is 148 Å². The molecule has 3 aromatic rings. The molecule has 1 N–H and O–H groups in total. The van der Waals surface area contributed by atoms with Gasteiger partial charge in [0.15, 0.2) is 0 Å². The second-order valence-corrected chi connectivity index (χ2v) is 6.09. The summed E-state index contributed by atoms with van der Waals surface area (Å²) in [6, 6.07) is 16.3. The lowest BCUT2D eigenvalue weighted by Gasteiger charge is -2.08. The smallest absolute Gasteiger partial charge is 0.255 e. The lowest BCUT2D eigenvalue weighted by molar-refractivity contribution is 0.102. The van der Waals surface area contributed by atoms with Crippen molar-refractivity contribution in [3.8, 4) is 11.5 Å². The molecule has 0 fully saturated rings. The van der Waals surface area contributed by atoms with E-state index in [1.54, 1.807) is 42.7 Å². The van der Waals surface area contributed by atoms with Gasteiger partial charge in [0.2, 0.25) is 0 Å². The molecule has 2 aromatic carbocycles. The zero-order valence-corrected chi connectivity index (χ0v) is 14.6. The number of anilines is 1. The number of hydrogen-bond acceptors (Lipinski definition) is 3. The molecule has 0 saturated carbocycles. The Morgan fingerprint density at radius 1 is 1.08 bits per heavy atom. The van der Waals surface area contributed by atoms with E-state index < -0.39 is 0 Å². The van der Waals surface area contributed by atoms with Crippen molar-refractivity contribution in [2.24, 2.45) is 0 Å². The van der Waals surface area contributed by atoms with Gasteiger partial charge in [0.1, 0.15) is 11.5 Å². The van der Waals surface area contributed by atoms with E-state index in [1.807, 2.05) is 31.2 Å². The summed E-state index contributed by atoms with van der Waals surface area (Å²) in [7, 11) is 0. The maximum Gasteiger partial charge on any atom is 0.255 e. The van der Waals surface area contributed by atoms with Crippen molar-refractivity contribution >= 4 is 27.5 Å². The van der Waals surface area contributed by atoms with E-state index >= 15 is 0 Å². The third kappa shape index (κ3) is 4.00. The lowest BCUT2D eigenvalue weighted by atomic mass is 10.2. The van der Waals surface area contributed by atoms with Gasteiger partial charge in [-0.2, -0.15) is 0 Å². The molecule has 1 amide bonds. The maximum absolute atomic E-state index is 12.3. The number of rotatable bonds is 4. The molecule has 0 spiro atoms. The Kier molecular flexibility index (Phi) is 4.91. The average Bonchev–Trinajstić information content (AvgIpc) is 2.60. The lowest BCUT2D eigenvalue weighted by Crippen LogP contribution is -2.11. The van der Waals surface area contributed by atoms with Crippen LogP contribution in [-0.4, -0.2) is 10.9 Å². The van der Waals surface area contributed by atoms with E-state index in [0.717, 1.165) is 15.7 Å². The summed E-state index contributed by atoms with van der Waals surface area (Å²) in [5, 5.41) is 2.88. The molecule has 0 bridgehead atoms. The molecule has 0 saturated heterocycles. The molecule has 1 heterocycles. The highest BCUT2D eigenvalue weighted by molar-refractivity contribution is 9.10. The first-order valence-electron chi connectivity index (χ1n) is 7.37. The fourth-order valence-corrected chi connectivity index (χ4v) is 2.39. The Morgan fingerprint density at radius 3 is 2.54 bits per heavy atom. The molecule has 1 aromatic heterocycles. The van der Waals surface area contributed by atoms with E-state index in [9.17, 15) is 4.79 Å². The number of amides is 1. The topological polar surface area (TPSA) is 51.2 Å². The van der Waals surface area contributed by atoms with Gasteiger partial charge in [-0.3, -0.25) is 9.78 Å². The van der Waals surface area contributed by atoms with Crippen LogP contribution in [0.5, 0.6) is 11.5 Å². The summed E-state index contributed by atoms with van der Waals surface area (Å²) in [6.45, 7) is 1.98. The molecule has 0 radical (unpaired) electrons. The van der Waals surface area contributed by atoms with E-state index in [-0.39, 0.29) is 5.91 Å². The quantitative estimate of drug-likeness (QED) is 0.674. The minimum Gasteiger partial charge on any atom is -0.456 e. The monoisotopic (exact) mass is 382 g/mol. The fraction of sp³-hybridized carbons (Fsp3) is 0.0526. The summed E-state index contributed by atoms with van der Waals surface area (Å²) >= 11 is 3.44. The van der Waals surface area contributed by atoms with Crippen molar-refractivity contribution < 1.29 is 9.53 Å². The Balaban J connectivity index is 1.68. The van der Waals surface area contributed by atoms with Gasteiger partial charge < -0.3 is 10.1 Å². The molecule has 0 aliphatic carbocycles. The molecule has 120 valence electrons. The van der Waals surface area contributed by atoms with Crippen LogP contribution in [-0.2, 0) is 0 Å². The summed E-state index contributed by atoms with van der Waals surface area (Å²) in [4.78, 5) is 16.3. The third-order valence-corrected chi connectivity index (χ3v) is 4.29. The number of hydrogen-bond donors (Lipinski definition) is 1. The SMILES string of the molecule is Cc1cc(NC(=O)c2ccc(Oc3cccnc3)cc2)ccc1Br. The average molecular weight is 383 g/mol. The predicted octanol–water partition coefficient (Wildman–Crippen LogP) is 5.20. The van der Waals surface area contributed by atoms with Crippen LogP contribution >= 0.6 is 15.9 Å². The number of nitrogens with zero attached hydrogens (tertiary/aromatic N) is 1. The molecule has 24 heavy (non-hydrogen) atoms. The second kappa shape index (κ2) is 7.27. The van der Waals surface area contributed by atoms with Gasteiger partial charge in [-0.25, -0.2) is 0 Å². The number of carbonyl (C=O) groups is 1. The highest BCUT2D eigenvalue weighted by atomic mass is 79.9. The zero-order valence-electron chi connectivity index (χ0n) is 13.0. The van der Waals surface area contributed by atoms with Gasteiger partial charge >= 0.3 is 0 Å². The van der Waals surface area contributed by atoms with Crippen LogP contribution in [0.15, 0.2) is 71.5 Å². The molecule has 5 heteroatoms. The maximum atomic E-state index is 12.3. The van der Waals surface area contributed by atoms with Crippen molar-refractivity contribution in [3.63, 3.8) is 0 Å². The van der Waals surface area contributed by atoms with Crippen LogP contribution in [0, 0.1) is 6.92 Å². The summed E-state index contributed by atoms with van der Waals surface area (Å²) < 4.78 is 6.67. The summed E-state index contributed by atoms with van der Waals surface area (Å²) in [5.74, 6) is 1.14. The Hall–Kier alpha value is -2.66. The first-order chi connectivity index (χ1) is 11.6. The van der Waals surface area contributed by atoms with Crippen LogP contribution in [0.2, 0.25) is 0 Å². The molecule has 0 unspecified atom stereocenters. The van der Waals surface area contributed by atoms with E-state index in [4.69, 9.17) is 4.74 Å². The molecular formula is C19H15BrN2O2. The molecular weight excluding hydrogens is 368 g/mol. The zero-order chi connectivity index (χ0) is 16.9. The number of pyridine rings is 1. The van der Waals surface area contributed by atoms with Crippen LogP contribution in [0.3, 0.4) is 0 Å². The van der Waals surface area contributed by atoms with Crippen molar-refractivity contribution in [1.82, 2.24) is 4.98 Å². The number of aromatic nitrogens is 1. The highest BCUT2D eigenvalue weighted by Crippen LogP contribution is 2.22.